The molecule has 0 N–H and O–H groups in total. The molecule has 0 spiro atoms. The molecule has 24 heavy (non-hydrogen) atoms. The summed E-state index contributed by atoms with van der Waals surface area (Å²) in [5.41, 5.74) is -0.509. The number of esters is 1. The van der Waals surface area contributed by atoms with Crippen LogP contribution >= 0.6 is 0 Å². The highest BCUT2D eigenvalue weighted by Gasteiger charge is 2.49. The molecule has 142 valence electrons. The summed E-state index contributed by atoms with van der Waals surface area (Å²) in [5.74, 6) is -0.217. The van der Waals surface area contributed by atoms with Gasteiger partial charge in [-0.05, 0) is 43.2 Å². The van der Waals surface area contributed by atoms with Crippen molar-refractivity contribution in [3.63, 3.8) is 0 Å². The molecular formula is C18H38O4Si2. The number of carbonyl (C=O) groups is 1. The first-order valence-corrected chi connectivity index (χ1v) is 14.8. The fraction of sp³-hybridized carbons (Fsp3) is 0.944. The molecule has 4 nitrogen and oxygen atoms in total. The molecule has 1 rings (SSSR count). The predicted octanol–water partition coefficient (Wildman–Crippen LogP) is 5.45. The first kappa shape index (κ1) is 21.9. The van der Waals surface area contributed by atoms with Gasteiger partial charge in [0, 0.05) is 6.42 Å². The Kier molecular flexibility index (Phi) is 5.94. The molecule has 0 aromatic heterocycles. The zero-order valence-electron chi connectivity index (χ0n) is 17.6. The van der Waals surface area contributed by atoms with Gasteiger partial charge in [-0.25, -0.2) is 0 Å². The SMILES string of the molecule is CC1(O[Si](C)(C)C(C)(C)C)CC(=O)OC(O[Si](C)(C)C(C)(C)C)C1. The largest absolute Gasteiger partial charge is 0.437 e. The van der Waals surface area contributed by atoms with Gasteiger partial charge in [0.05, 0.1) is 12.0 Å². The summed E-state index contributed by atoms with van der Waals surface area (Å²) < 4.78 is 18.5. The lowest BCUT2D eigenvalue weighted by molar-refractivity contribution is -0.192. The molecule has 2 atom stereocenters. The maximum absolute atomic E-state index is 12.2. The van der Waals surface area contributed by atoms with Crippen molar-refractivity contribution in [3.8, 4) is 0 Å². The van der Waals surface area contributed by atoms with Crippen molar-refractivity contribution in [1.29, 1.82) is 0 Å². The highest BCUT2D eigenvalue weighted by Crippen LogP contribution is 2.44. The van der Waals surface area contributed by atoms with Crippen LogP contribution in [0.5, 0.6) is 0 Å². The molecule has 0 aliphatic carbocycles. The Morgan fingerprint density at radius 3 is 1.88 bits per heavy atom. The topological polar surface area (TPSA) is 44.8 Å². The van der Waals surface area contributed by atoms with Gasteiger partial charge in [-0.1, -0.05) is 41.5 Å². The van der Waals surface area contributed by atoms with E-state index in [9.17, 15) is 4.79 Å². The third-order valence-electron chi connectivity index (χ3n) is 5.92. The average Bonchev–Trinajstić information content (AvgIpc) is 2.20. The Morgan fingerprint density at radius 2 is 1.46 bits per heavy atom. The molecule has 1 saturated heterocycles. The Bertz CT molecular complexity index is 474. The smallest absolute Gasteiger partial charge is 0.310 e. The second-order valence-electron chi connectivity index (χ2n) is 10.5. The summed E-state index contributed by atoms with van der Waals surface area (Å²) in [5, 5.41) is 0.181. The van der Waals surface area contributed by atoms with Gasteiger partial charge in [0.1, 0.15) is 0 Å². The van der Waals surface area contributed by atoms with Crippen molar-refractivity contribution in [2.24, 2.45) is 0 Å². The lowest BCUT2D eigenvalue weighted by Gasteiger charge is -2.48. The van der Waals surface area contributed by atoms with Gasteiger partial charge in [0.2, 0.25) is 0 Å². The first-order valence-electron chi connectivity index (χ1n) is 8.96. The Labute approximate surface area is 150 Å². The van der Waals surface area contributed by atoms with E-state index in [1.165, 1.54) is 0 Å². The molecule has 1 aliphatic heterocycles. The van der Waals surface area contributed by atoms with Gasteiger partial charge in [-0.2, -0.15) is 0 Å². The molecule has 1 aliphatic rings. The van der Waals surface area contributed by atoms with Crippen LogP contribution in [-0.2, 0) is 18.4 Å². The van der Waals surface area contributed by atoms with E-state index in [0.29, 0.717) is 12.8 Å². The van der Waals surface area contributed by atoms with Crippen molar-refractivity contribution in [2.45, 2.75) is 109 Å². The summed E-state index contributed by atoms with van der Waals surface area (Å²) in [6.07, 6.45) is 0.413. The number of hydrogen-bond donors (Lipinski definition) is 0. The summed E-state index contributed by atoms with van der Waals surface area (Å²) in [4.78, 5) is 12.2. The van der Waals surface area contributed by atoms with Crippen LogP contribution in [0, 0.1) is 0 Å². The van der Waals surface area contributed by atoms with Crippen molar-refractivity contribution in [2.75, 3.05) is 0 Å². The van der Waals surface area contributed by atoms with E-state index in [4.69, 9.17) is 13.6 Å². The maximum Gasteiger partial charge on any atom is 0.310 e. The minimum Gasteiger partial charge on any atom is -0.437 e. The number of carbonyl (C=O) groups excluding carboxylic acids is 1. The van der Waals surface area contributed by atoms with Crippen molar-refractivity contribution >= 4 is 22.6 Å². The molecule has 1 heterocycles. The quantitative estimate of drug-likeness (QED) is 0.484. The Morgan fingerprint density at radius 1 is 1.00 bits per heavy atom. The summed E-state index contributed by atoms with van der Waals surface area (Å²) in [6, 6.07) is 0. The van der Waals surface area contributed by atoms with Crippen LogP contribution in [0.1, 0.15) is 61.3 Å². The molecule has 1 fully saturated rings. The fourth-order valence-electron chi connectivity index (χ4n) is 2.38. The van der Waals surface area contributed by atoms with E-state index in [0.717, 1.165) is 0 Å². The van der Waals surface area contributed by atoms with Crippen LogP contribution in [0.2, 0.25) is 36.3 Å². The standard InChI is InChI=1S/C18H38O4Si2/c1-16(2,3)23(8,9)21-15-13-18(7,12-14(19)20-15)22-24(10,11)17(4,5)6/h15H,12-13H2,1-11H3. The molecular weight excluding hydrogens is 336 g/mol. The molecule has 0 saturated carbocycles. The lowest BCUT2D eigenvalue weighted by atomic mass is 9.96. The van der Waals surface area contributed by atoms with E-state index >= 15 is 0 Å². The minimum atomic E-state index is -2.00. The van der Waals surface area contributed by atoms with E-state index in [2.05, 4.69) is 67.7 Å². The van der Waals surface area contributed by atoms with E-state index in [-0.39, 0.29) is 16.0 Å². The van der Waals surface area contributed by atoms with E-state index in [1.54, 1.807) is 0 Å². The van der Waals surface area contributed by atoms with Gasteiger partial charge >= 0.3 is 5.97 Å². The van der Waals surface area contributed by atoms with Crippen LogP contribution in [0.4, 0.5) is 0 Å². The van der Waals surface area contributed by atoms with Crippen LogP contribution in [0.25, 0.3) is 0 Å². The van der Waals surface area contributed by atoms with E-state index < -0.39 is 28.5 Å². The zero-order valence-corrected chi connectivity index (χ0v) is 19.6. The predicted molar refractivity (Wildman–Crippen MR) is 104 cm³/mol. The monoisotopic (exact) mass is 374 g/mol. The lowest BCUT2D eigenvalue weighted by Crippen LogP contribution is -2.55. The van der Waals surface area contributed by atoms with Crippen molar-refractivity contribution in [1.82, 2.24) is 0 Å². The number of hydrogen-bond acceptors (Lipinski definition) is 4. The first-order chi connectivity index (χ1) is 10.4. The van der Waals surface area contributed by atoms with Crippen molar-refractivity contribution in [3.05, 3.63) is 0 Å². The van der Waals surface area contributed by atoms with Crippen LogP contribution in [-0.4, -0.2) is 34.5 Å². The molecule has 0 aromatic rings. The molecule has 0 amide bonds. The Hall–Kier alpha value is -0.176. The highest BCUT2D eigenvalue weighted by atomic mass is 28.4. The fourth-order valence-corrected chi connectivity index (χ4v) is 5.21. The maximum atomic E-state index is 12.2. The third-order valence-corrected chi connectivity index (χ3v) is 15.0. The van der Waals surface area contributed by atoms with Gasteiger partial charge in [-0.15, -0.1) is 0 Å². The summed E-state index contributed by atoms with van der Waals surface area (Å²) in [7, 11) is -3.97. The van der Waals surface area contributed by atoms with Crippen LogP contribution in [0.15, 0.2) is 0 Å². The van der Waals surface area contributed by atoms with Crippen LogP contribution in [0.3, 0.4) is 0 Å². The molecule has 0 bridgehead atoms. The molecule has 0 aromatic carbocycles. The summed E-state index contributed by atoms with van der Waals surface area (Å²) in [6.45, 7) is 24.1. The molecule has 0 radical (unpaired) electrons. The normalized spacial score (nSPS) is 27.1. The zero-order chi connectivity index (χ0) is 19.2. The highest BCUT2D eigenvalue weighted by molar-refractivity contribution is 6.74. The van der Waals surface area contributed by atoms with E-state index in [1.807, 2.05) is 6.92 Å². The number of rotatable bonds is 4. The summed E-state index contributed by atoms with van der Waals surface area (Å²) >= 11 is 0. The third kappa shape index (κ3) is 5.16. The van der Waals surface area contributed by atoms with Gasteiger partial charge in [0.25, 0.3) is 0 Å². The minimum absolute atomic E-state index is 0.0769. The van der Waals surface area contributed by atoms with Gasteiger partial charge in [0.15, 0.2) is 22.9 Å². The van der Waals surface area contributed by atoms with Gasteiger partial charge in [-0.3, -0.25) is 4.79 Å². The van der Waals surface area contributed by atoms with Crippen molar-refractivity contribution < 1.29 is 18.4 Å². The average molecular weight is 375 g/mol. The molecule has 6 heteroatoms. The number of ether oxygens (including phenoxy) is 1. The van der Waals surface area contributed by atoms with Crippen LogP contribution < -0.4 is 0 Å². The number of cyclic esters (lactones) is 1. The molecule has 2 unspecified atom stereocenters. The Balaban J connectivity index is 2.95. The second-order valence-corrected chi connectivity index (χ2v) is 20.0. The van der Waals surface area contributed by atoms with Gasteiger partial charge < -0.3 is 13.6 Å². The second kappa shape index (κ2) is 6.52.